The lowest BCUT2D eigenvalue weighted by molar-refractivity contribution is 0.602. The second kappa shape index (κ2) is 3.79. The summed E-state index contributed by atoms with van der Waals surface area (Å²) < 4.78 is 22.2. The van der Waals surface area contributed by atoms with Crippen LogP contribution in [0.5, 0.6) is 0 Å². The van der Waals surface area contributed by atoms with Crippen LogP contribution in [0.3, 0.4) is 0 Å². The lowest BCUT2D eigenvalue weighted by Crippen LogP contribution is -1.92. The Hall–Kier alpha value is -1.93. The Morgan fingerprint density at radius 3 is 2.61 bits per heavy atom. The third kappa shape index (κ3) is 1.75. The second-order valence-electron chi connectivity index (χ2n) is 3.52. The number of hydrogen-bond acceptors (Lipinski definition) is 5. The maximum absolute atomic E-state index is 11.1. The summed E-state index contributed by atoms with van der Waals surface area (Å²) >= 11 is 0. The molecule has 7 nitrogen and oxygen atoms in total. The Kier molecular flexibility index (Phi) is 2.35. The van der Waals surface area contributed by atoms with Crippen molar-refractivity contribution in [2.24, 2.45) is 0 Å². The van der Waals surface area contributed by atoms with Crippen molar-refractivity contribution in [3.8, 4) is 11.5 Å². The van der Waals surface area contributed by atoms with Gasteiger partial charge in [-0.25, -0.2) is 13.5 Å². The number of para-hydroxylation sites is 1. The van der Waals surface area contributed by atoms with E-state index >= 15 is 0 Å². The number of rotatable bonds is 2. The molecule has 0 aliphatic heterocycles. The van der Waals surface area contributed by atoms with Crippen molar-refractivity contribution >= 4 is 30.6 Å². The monoisotopic (exact) mass is 283 g/mol. The molecule has 92 valence electrons. The summed E-state index contributed by atoms with van der Waals surface area (Å²) in [6, 6.07) is 7.38. The zero-order chi connectivity index (χ0) is 12.8. The van der Waals surface area contributed by atoms with Gasteiger partial charge in [-0.15, -0.1) is 0 Å². The maximum atomic E-state index is 11.1. The van der Waals surface area contributed by atoms with E-state index in [1.165, 1.54) is 0 Å². The van der Waals surface area contributed by atoms with Gasteiger partial charge in [-0.2, -0.15) is 15.2 Å². The lowest BCUT2D eigenvalue weighted by atomic mass is 10.2. The summed E-state index contributed by atoms with van der Waals surface area (Å²) in [7, 11) is 1.24. The van der Waals surface area contributed by atoms with E-state index in [1.807, 2.05) is 24.3 Å². The van der Waals surface area contributed by atoms with E-state index in [0.29, 0.717) is 5.69 Å². The number of fused-ring (bicyclic) bond motifs is 1. The fourth-order valence-electron chi connectivity index (χ4n) is 1.60. The highest BCUT2D eigenvalue weighted by Crippen LogP contribution is 2.23. The van der Waals surface area contributed by atoms with Crippen LogP contribution in [0.15, 0.2) is 29.4 Å². The van der Waals surface area contributed by atoms with Gasteiger partial charge < -0.3 is 0 Å². The summed E-state index contributed by atoms with van der Waals surface area (Å²) in [6.07, 6.45) is 0. The van der Waals surface area contributed by atoms with E-state index in [1.54, 1.807) is 0 Å². The molecule has 0 aliphatic carbocycles. The highest BCUT2D eigenvalue weighted by Gasteiger charge is 2.19. The van der Waals surface area contributed by atoms with Gasteiger partial charge in [0, 0.05) is 16.1 Å². The predicted octanol–water partition coefficient (Wildman–Crippen LogP) is 1.28. The van der Waals surface area contributed by atoms with Gasteiger partial charge in [0.25, 0.3) is 14.2 Å². The molecule has 0 saturated carbocycles. The van der Waals surface area contributed by atoms with Crippen LogP contribution in [0.2, 0.25) is 0 Å². The van der Waals surface area contributed by atoms with E-state index in [2.05, 4.69) is 25.4 Å². The summed E-state index contributed by atoms with van der Waals surface area (Å²) in [5.74, 6) is 0.173. The molecule has 0 saturated heterocycles. The van der Waals surface area contributed by atoms with Gasteiger partial charge in [0.2, 0.25) is 5.82 Å². The number of hydrogen-bond donors (Lipinski definition) is 2. The van der Waals surface area contributed by atoms with E-state index in [4.69, 9.17) is 10.7 Å². The van der Waals surface area contributed by atoms with Crippen LogP contribution in [0, 0.1) is 0 Å². The summed E-state index contributed by atoms with van der Waals surface area (Å²) in [6.45, 7) is 0. The number of nitrogens with one attached hydrogen (secondary N) is 2. The van der Waals surface area contributed by atoms with Crippen LogP contribution in [-0.2, 0) is 9.05 Å². The molecule has 0 spiro atoms. The summed E-state index contributed by atoms with van der Waals surface area (Å²) in [5.41, 5.74) is 1.28. The first-order valence-electron chi connectivity index (χ1n) is 4.86. The first-order chi connectivity index (χ1) is 8.55. The number of aromatic amines is 2. The third-order valence-corrected chi connectivity index (χ3v) is 3.46. The van der Waals surface area contributed by atoms with Crippen molar-refractivity contribution in [3.05, 3.63) is 24.3 Å². The van der Waals surface area contributed by atoms with Gasteiger partial charge in [0.15, 0.2) is 0 Å². The largest absolute Gasteiger partial charge is 0.296 e. The van der Waals surface area contributed by atoms with Gasteiger partial charge in [-0.3, -0.25) is 5.10 Å². The molecular weight excluding hydrogens is 278 g/mol. The summed E-state index contributed by atoms with van der Waals surface area (Å²) in [5, 5.41) is 13.3. The minimum absolute atomic E-state index is 0.173. The molecule has 3 rings (SSSR count). The lowest BCUT2D eigenvalue weighted by Gasteiger charge is -1.89. The van der Waals surface area contributed by atoms with Crippen molar-refractivity contribution in [1.29, 1.82) is 0 Å². The average molecular weight is 284 g/mol. The van der Waals surface area contributed by atoms with Crippen LogP contribution < -0.4 is 0 Å². The van der Waals surface area contributed by atoms with Gasteiger partial charge in [0.05, 0.1) is 5.52 Å². The topological polar surface area (TPSA) is 104 Å². The van der Waals surface area contributed by atoms with E-state index in [0.717, 1.165) is 10.9 Å². The van der Waals surface area contributed by atoms with Crippen molar-refractivity contribution in [1.82, 2.24) is 25.4 Å². The van der Waals surface area contributed by atoms with E-state index < -0.39 is 14.2 Å². The third-order valence-electron chi connectivity index (χ3n) is 2.38. The maximum Gasteiger partial charge on any atom is 0.296 e. The normalized spacial score (nSPS) is 12.1. The minimum Gasteiger partial charge on any atom is -0.277 e. The number of aromatic nitrogens is 5. The Morgan fingerprint density at radius 2 is 1.89 bits per heavy atom. The van der Waals surface area contributed by atoms with Crippen LogP contribution in [0.4, 0.5) is 0 Å². The first kappa shape index (κ1) is 11.2. The highest BCUT2D eigenvalue weighted by molar-refractivity contribution is 8.13. The molecule has 1 aromatic carbocycles. The standard InChI is InChI=1S/C9H6ClN5O2S/c10-18(16,17)9-11-8(14-15-9)7-5-3-1-2-4-6(5)12-13-7/h1-4H,(H,12,13)(H,11,14,15). The van der Waals surface area contributed by atoms with E-state index in [-0.39, 0.29) is 5.82 Å². The molecule has 0 unspecified atom stereocenters. The van der Waals surface area contributed by atoms with Gasteiger partial charge in [-0.1, -0.05) is 18.2 Å². The molecule has 0 amide bonds. The number of nitrogens with zero attached hydrogens (tertiary/aromatic N) is 3. The molecular formula is C9H6ClN5O2S. The fraction of sp³-hybridized carbons (Fsp3) is 0. The number of benzene rings is 1. The molecule has 0 aliphatic rings. The Balaban J connectivity index is 2.18. The molecule has 2 heterocycles. The quantitative estimate of drug-likeness (QED) is 0.689. The fourth-order valence-corrected chi connectivity index (χ4v) is 2.15. The van der Waals surface area contributed by atoms with Crippen molar-refractivity contribution in [3.63, 3.8) is 0 Å². The average Bonchev–Trinajstić information content (AvgIpc) is 2.94. The zero-order valence-corrected chi connectivity index (χ0v) is 10.3. The first-order valence-corrected chi connectivity index (χ1v) is 7.17. The Labute approximate surface area is 106 Å². The molecule has 2 N–H and O–H groups in total. The smallest absolute Gasteiger partial charge is 0.277 e. The predicted molar refractivity (Wildman–Crippen MR) is 64.5 cm³/mol. The molecule has 18 heavy (non-hydrogen) atoms. The van der Waals surface area contributed by atoms with Crippen LogP contribution in [0.1, 0.15) is 0 Å². The van der Waals surface area contributed by atoms with Crippen LogP contribution >= 0.6 is 10.7 Å². The van der Waals surface area contributed by atoms with Gasteiger partial charge in [0.1, 0.15) is 5.69 Å². The number of H-pyrrole nitrogens is 2. The molecule has 0 fully saturated rings. The van der Waals surface area contributed by atoms with Gasteiger partial charge >= 0.3 is 0 Å². The second-order valence-corrected chi connectivity index (χ2v) is 6.00. The van der Waals surface area contributed by atoms with Gasteiger partial charge in [-0.05, 0) is 6.07 Å². The van der Waals surface area contributed by atoms with Crippen molar-refractivity contribution in [2.75, 3.05) is 0 Å². The highest BCUT2D eigenvalue weighted by atomic mass is 35.7. The van der Waals surface area contributed by atoms with Crippen molar-refractivity contribution < 1.29 is 8.42 Å². The Bertz CT molecular complexity index is 822. The molecule has 0 radical (unpaired) electrons. The van der Waals surface area contributed by atoms with Crippen LogP contribution in [0.25, 0.3) is 22.4 Å². The molecule has 9 heteroatoms. The SMILES string of the molecule is O=S(=O)(Cl)c1nc(-c2n[nH]c3ccccc23)n[nH]1. The van der Waals surface area contributed by atoms with Crippen LogP contribution in [-0.4, -0.2) is 33.8 Å². The Morgan fingerprint density at radius 1 is 1.11 bits per heavy atom. The summed E-state index contributed by atoms with van der Waals surface area (Å²) in [4.78, 5) is 3.81. The van der Waals surface area contributed by atoms with Crippen molar-refractivity contribution in [2.45, 2.75) is 5.16 Å². The molecule has 2 aromatic heterocycles. The minimum atomic E-state index is -3.92. The van der Waals surface area contributed by atoms with E-state index in [9.17, 15) is 8.42 Å². The zero-order valence-electron chi connectivity index (χ0n) is 8.75. The number of halogens is 1. The molecule has 0 atom stereocenters. The molecule has 0 bridgehead atoms. The molecule has 3 aromatic rings.